The summed E-state index contributed by atoms with van der Waals surface area (Å²) < 4.78 is 5.54. The topological polar surface area (TPSA) is 26.0 Å². The maximum Gasteiger partial charge on any atom is 0.226 e. The lowest BCUT2D eigenvalue weighted by Crippen LogP contribution is -1.79. The number of nitrogens with zero attached hydrogens (tertiary/aromatic N) is 1. The number of benzene rings is 1. The first-order valence-electron chi connectivity index (χ1n) is 4.68. The molecule has 1 heterocycles. The van der Waals surface area contributed by atoms with E-state index in [4.69, 9.17) is 4.42 Å². The summed E-state index contributed by atoms with van der Waals surface area (Å²) in [6.45, 7) is 5.95. The molecule has 2 nitrogen and oxygen atoms in total. The van der Waals surface area contributed by atoms with Crippen molar-refractivity contribution in [2.45, 2.75) is 20.8 Å². The van der Waals surface area contributed by atoms with E-state index in [1.54, 1.807) is 0 Å². The first kappa shape index (κ1) is 9.00. The minimum Gasteiger partial charge on any atom is -0.441 e. The molecule has 0 bridgehead atoms. The molecule has 0 spiro atoms. The van der Waals surface area contributed by atoms with Crippen molar-refractivity contribution in [3.63, 3.8) is 0 Å². The molecule has 0 fully saturated rings. The van der Waals surface area contributed by atoms with Crippen molar-refractivity contribution in [3.05, 3.63) is 41.3 Å². The summed E-state index contributed by atoms with van der Waals surface area (Å²) in [4.78, 5) is 4.35. The van der Waals surface area contributed by atoms with Gasteiger partial charge < -0.3 is 4.42 Å². The van der Waals surface area contributed by atoms with Crippen LogP contribution in [0, 0.1) is 20.8 Å². The Kier molecular flexibility index (Phi) is 2.12. The third-order valence-electron chi connectivity index (χ3n) is 2.29. The molecule has 0 unspecified atom stereocenters. The third kappa shape index (κ3) is 1.55. The fourth-order valence-electron chi connectivity index (χ4n) is 1.37. The van der Waals surface area contributed by atoms with E-state index >= 15 is 0 Å². The monoisotopic (exact) mass is 187 g/mol. The Balaban J connectivity index is 2.49. The molecule has 0 amide bonds. The highest BCUT2D eigenvalue weighted by atomic mass is 16.4. The van der Waals surface area contributed by atoms with Gasteiger partial charge in [-0.05, 0) is 32.9 Å². The normalized spacial score (nSPS) is 10.5. The van der Waals surface area contributed by atoms with Gasteiger partial charge in [0, 0.05) is 5.56 Å². The largest absolute Gasteiger partial charge is 0.441 e. The first-order valence-corrected chi connectivity index (χ1v) is 4.68. The highest BCUT2D eigenvalue weighted by Gasteiger charge is 2.07. The number of aryl methyl sites for hydroxylation is 3. The standard InChI is InChI=1S/C12H13NO/c1-8-5-4-6-11(7-8)12-13-9(2)10(3)14-12/h4-7H,1-3H3. The van der Waals surface area contributed by atoms with Gasteiger partial charge in [0.2, 0.25) is 5.89 Å². The predicted molar refractivity (Wildman–Crippen MR) is 56.2 cm³/mol. The molecule has 0 saturated carbocycles. The SMILES string of the molecule is Cc1cccc(-c2nc(C)c(C)o2)c1. The van der Waals surface area contributed by atoms with E-state index in [2.05, 4.69) is 24.0 Å². The van der Waals surface area contributed by atoms with Crippen molar-refractivity contribution in [1.29, 1.82) is 0 Å². The van der Waals surface area contributed by atoms with Gasteiger partial charge >= 0.3 is 0 Å². The molecule has 2 aromatic rings. The molecule has 0 aliphatic heterocycles. The Morgan fingerprint density at radius 2 is 1.93 bits per heavy atom. The van der Waals surface area contributed by atoms with E-state index in [1.807, 2.05) is 26.0 Å². The van der Waals surface area contributed by atoms with Gasteiger partial charge in [0.05, 0.1) is 5.69 Å². The summed E-state index contributed by atoms with van der Waals surface area (Å²) in [6.07, 6.45) is 0. The van der Waals surface area contributed by atoms with E-state index < -0.39 is 0 Å². The number of hydrogen-bond donors (Lipinski definition) is 0. The first-order chi connectivity index (χ1) is 6.66. The van der Waals surface area contributed by atoms with Gasteiger partial charge in [0.15, 0.2) is 0 Å². The van der Waals surface area contributed by atoms with E-state index in [-0.39, 0.29) is 0 Å². The van der Waals surface area contributed by atoms with Crippen LogP contribution in [0.2, 0.25) is 0 Å². The van der Waals surface area contributed by atoms with Crippen LogP contribution in [0.25, 0.3) is 11.5 Å². The molecular weight excluding hydrogens is 174 g/mol. The van der Waals surface area contributed by atoms with Gasteiger partial charge in [-0.2, -0.15) is 0 Å². The predicted octanol–water partition coefficient (Wildman–Crippen LogP) is 3.27. The average molecular weight is 187 g/mol. The molecule has 0 N–H and O–H groups in total. The quantitative estimate of drug-likeness (QED) is 0.684. The van der Waals surface area contributed by atoms with E-state index in [9.17, 15) is 0 Å². The minimum absolute atomic E-state index is 0.712. The third-order valence-corrected chi connectivity index (χ3v) is 2.29. The second kappa shape index (κ2) is 3.29. The summed E-state index contributed by atoms with van der Waals surface area (Å²) in [7, 11) is 0. The van der Waals surface area contributed by atoms with Crippen molar-refractivity contribution < 1.29 is 4.42 Å². The zero-order chi connectivity index (χ0) is 10.1. The van der Waals surface area contributed by atoms with Crippen LogP contribution < -0.4 is 0 Å². The maximum atomic E-state index is 5.54. The summed E-state index contributed by atoms with van der Waals surface area (Å²) in [5, 5.41) is 0. The van der Waals surface area contributed by atoms with Gasteiger partial charge in [-0.3, -0.25) is 0 Å². The lowest BCUT2D eigenvalue weighted by Gasteiger charge is -1.96. The number of oxazole rings is 1. The van der Waals surface area contributed by atoms with Crippen LogP contribution >= 0.6 is 0 Å². The second-order valence-corrected chi connectivity index (χ2v) is 3.53. The maximum absolute atomic E-state index is 5.54. The van der Waals surface area contributed by atoms with Crippen LogP contribution in [0.15, 0.2) is 28.7 Å². The second-order valence-electron chi connectivity index (χ2n) is 3.53. The molecule has 14 heavy (non-hydrogen) atoms. The van der Waals surface area contributed by atoms with Gasteiger partial charge in [0.25, 0.3) is 0 Å². The van der Waals surface area contributed by atoms with Crippen LogP contribution in [-0.2, 0) is 0 Å². The van der Waals surface area contributed by atoms with Gasteiger partial charge in [-0.25, -0.2) is 4.98 Å². The lowest BCUT2D eigenvalue weighted by molar-refractivity contribution is 0.541. The molecule has 1 aromatic carbocycles. The average Bonchev–Trinajstić information content (AvgIpc) is 2.47. The highest BCUT2D eigenvalue weighted by molar-refractivity contribution is 5.54. The minimum atomic E-state index is 0.712. The fourth-order valence-corrected chi connectivity index (χ4v) is 1.37. The van der Waals surface area contributed by atoms with Crippen LogP contribution in [0.4, 0.5) is 0 Å². The van der Waals surface area contributed by atoms with Crippen LogP contribution in [0.3, 0.4) is 0 Å². The van der Waals surface area contributed by atoms with E-state index in [1.165, 1.54) is 5.56 Å². The van der Waals surface area contributed by atoms with Gasteiger partial charge in [0.1, 0.15) is 5.76 Å². The Morgan fingerprint density at radius 3 is 2.50 bits per heavy atom. The molecule has 2 heteroatoms. The van der Waals surface area contributed by atoms with Crippen LogP contribution in [-0.4, -0.2) is 4.98 Å². The van der Waals surface area contributed by atoms with Crippen molar-refractivity contribution in [1.82, 2.24) is 4.98 Å². The summed E-state index contributed by atoms with van der Waals surface area (Å²) in [5.74, 6) is 1.60. The van der Waals surface area contributed by atoms with Crippen molar-refractivity contribution >= 4 is 0 Å². The molecule has 0 saturated heterocycles. The lowest BCUT2D eigenvalue weighted by atomic mass is 10.1. The van der Waals surface area contributed by atoms with Crippen molar-refractivity contribution in [3.8, 4) is 11.5 Å². The number of hydrogen-bond acceptors (Lipinski definition) is 2. The molecule has 1 aromatic heterocycles. The Hall–Kier alpha value is -1.57. The Labute approximate surface area is 83.6 Å². The molecule has 72 valence electrons. The number of rotatable bonds is 1. The smallest absolute Gasteiger partial charge is 0.226 e. The summed E-state index contributed by atoms with van der Waals surface area (Å²) in [6, 6.07) is 8.16. The zero-order valence-corrected chi connectivity index (χ0v) is 8.66. The van der Waals surface area contributed by atoms with Gasteiger partial charge in [-0.1, -0.05) is 17.7 Å². The van der Waals surface area contributed by atoms with E-state index in [0.717, 1.165) is 17.0 Å². The van der Waals surface area contributed by atoms with Crippen LogP contribution in [0.5, 0.6) is 0 Å². The molecule has 0 aliphatic carbocycles. The zero-order valence-electron chi connectivity index (χ0n) is 8.66. The van der Waals surface area contributed by atoms with Crippen molar-refractivity contribution in [2.24, 2.45) is 0 Å². The Bertz CT molecular complexity index is 438. The van der Waals surface area contributed by atoms with E-state index in [0.29, 0.717) is 5.89 Å². The molecular formula is C12H13NO. The Morgan fingerprint density at radius 1 is 1.14 bits per heavy atom. The molecule has 0 aliphatic rings. The van der Waals surface area contributed by atoms with Crippen LogP contribution in [0.1, 0.15) is 17.0 Å². The molecule has 2 rings (SSSR count). The number of aromatic nitrogens is 1. The van der Waals surface area contributed by atoms with Gasteiger partial charge in [-0.15, -0.1) is 0 Å². The highest BCUT2D eigenvalue weighted by Crippen LogP contribution is 2.21. The molecule has 0 atom stereocenters. The summed E-state index contributed by atoms with van der Waals surface area (Å²) in [5.41, 5.74) is 3.22. The summed E-state index contributed by atoms with van der Waals surface area (Å²) >= 11 is 0. The fraction of sp³-hybridized carbons (Fsp3) is 0.250. The molecule has 0 radical (unpaired) electrons. The van der Waals surface area contributed by atoms with Crippen molar-refractivity contribution in [2.75, 3.05) is 0 Å².